The predicted molar refractivity (Wildman–Crippen MR) is 146 cm³/mol. The number of hydrogen-bond donors (Lipinski definition) is 3. The number of nitrogens with one attached hydrogen (secondary N) is 1. The summed E-state index contributed by atoms with van der Waals surface area (Å²) in [5.74, 6) is 0.702. The first-order valence-corrected chi connectivity index (χ1v) is 13.9. The Hall–Kier alpha value is -1.82. The molecule has 0 spiro atoms. The Balaban J connectivity index is 4.02. The lowest BCUT2D eigenvalue weighted by Crippen LogP contribution is -2.35. The van der Waals surface area contributed by atoms with Crippen molar-refractivity contribution in [2.24, 2.45) is 17.6 Å². The maximum atomic E-state index is 11.9. The van der Waals surface area contributed by atoms with Gasteiger partial charge in [0.15, 0.2) is 0 Å². The van der Waals surface area contributed by atoms with E-state index >= 15 is 0 Å². The number of hydrogen-bond acceptors (Lipinski definition) is 4. The van der Waals surface area contributed by atoms with Crippen molar-refractivity contribution in [1.29, 1.82) is 0 Å². The van der Waals surface area contributed by atoms with Gasteiger partial charge in [-0.2, -0.15) is 0 Å². The number of carbonyl (C=O) groups excluding carboxylic acids is 2. The molecular weight excluding hydrogens is 440 g/mol. The second-order valence-corrected chi connectivity index (χ2v) is 10.3. The second kappa shape index (κ2) is 21.5. The van der Waals surface area contributed by atoms with Gasteiger partial charge in [-0.3, -0.25) is 4.79 Å². The molecule has 0 radical (unpaired) electrons. The number of nitrogens with two attached hydrogens (primary N) is 1. The molecular formula is C29H54N2O4. The van der Waals surface area contributed by atoms with E-state index in [0.717, 1.165) is 32.1 Å². The summed E-state index contributed by atoms with van der Waals surface area (Å²) < 4.78 is 5.42. The zero-order valence-electron chi connectivity index (χ0n) is 23.2. The fraction of sp³-hybridized carbons (Fsp3) is 0.793. The lowest BCUT2D eigenvalue weighted by Gasteiger charge is -2.23. The molecule has 2 amide bonds. The number of aliphatic hydroxyl groups excluding tert-OH is 1. The van der Waals surface area contributed by atoms with E-state index in [1.807, 2.05) is 12.2 Å². The van der Waals surface area contributed by atoms with Crippen LogP contribution in [0.4, 0.5) is 4.79 Å². The average Bonchev–Trinajstić information content (AvgIpc) is 2.81. The van der Waals surface area contributed by atoms with Crippen LogP contribution in [0, 0.1) is 11.8 Å². The molecule has 0 aliphatic rings. The van der Waals surface area contributed by atoms with Crippen molar-refractivity contribution in [1.82, 2.24) is 5.32 Å². The molecule has 4 atom stereocenters. The standard InChI is InChI=1S/C29H54N2O4/c1-6-7-8-14-19-24(3)27(35-29(30)34)21-15-12-10-9-11-13-17-23(2)18-16-20-25(4)28(33)31-26(5)22-32/h16,18,20,23-24,26-27,32H,6-15,17,19,21-22H2,1-5H3,(H2,30,34)(H,31,33)/b18-16-,25-20+/t23?,24-,26-,27+/m0/s1. The van der Waals surface area contributed by atoms with Gasteiger partial charge in [-0.25, -0.2) is 4.79 Å². The highest BCUT2D eigenvalue weighted by atomic mass is 16.6. The lowest BCUT2D eigenvalue weighted by atomic mass is 9.93. The molecule has 0 aliphatic heterocycles. The fourth-order valence-corrected chi connectivity index (χ4v) is 4.15. The molecule has 0 rings (SSSR count). The first-order chi connectivity index (χ1) is 16.7. The molecule has 4 N–H and O–H groups in total. The molecule has 0 aromatic heterocycles. The van der Waals surface area contributed by atoms with Crippen molar-refractivity contribution in [3.63, 3.8) is 0 Å². The van der Waals surface area contributed by atoms with Crippen molar-refractivity contribution in [2.45, 2.75) is 130 Å². The number of allylic oxidation sites excluding steroid dienone is 3. The molecule has 0 heterocycles. The maximum Gasteiger partial charge on any atom is 0.404 e. The van der Waals surface area contributed by atoms with Crippen molar-refractivity contribution in [2.75, 3.05) is 6.61 Å². The Bertz CT molecular complexity index is 618. The van der Waals surface area contributed by atoms with Gasteiger partial charge in [-0.1, -0.05) is 96.8 Å². The van der Waals surface area contributed by atoms with Crippen LogP contribution >= 0.6 is 0 Å². The van der Waals surface area contributed by atoms with E-state index in [9.17, 15) is 9.59 Å². The summed E-state index contributed by atoms with van der Waals surface area (Å²) in [6.07, 6.45) is 20.4. The quantitative estimate of drug-likeness (QED) is 0.0926. The number of amides is 2. The van der Waals surface area contributed by atoms with Gasteiger partial charge >= 0.3 is 6.09 Å². The Morgan fingerprint density at radius 3 is 2.09 bits per heavy atom. The molecule has 1 unspecified atom stereocenters. The monoisotopic (exact) mass is 494 g/mol. The number of primary amides is 1. The van der Waals surface area contributed by atoms with Crippen LogP contribution in [0.15, 0.2) is 23.8 Å². The van der Waals surface area contributed by atoms with Gasteiger partial charge in [0.05, 0.1) is 6.61 Å². The highest BCUT2D eigenvalue weighted by Gasteiger charge is 2.20. The molecule has 0 fully saturated rings. The minimum atomic E-state index is -0.649. The summed E-state index contributed by atoms with van der Waals surface area (Å²) in [7, 11) is 0. The number of rotatable bonds is 21. The summed E-state index contributed by atoms with van der Waals surface area (Å²) in [4.78, 5) is 23.2. The molecule has 35 heavy (non-hydrogen) atoms. The first-order valence-electron chi connectivity index (χ1n) is 13.9. The molecule has 6 nitrogen and oxygen atoms in total. The smallest absolute Gasteiger partial charge is 0.404 e. The Labute approximate surface area is 215 Å². The van der Waals surface area contributed by atoms with Crippen molar-refractivity contribution >= 4 is 12.0 Å². The van der Waals surface area contributed by atoms with Gasteiger partial charge in [-0.05, 0) is 51.4 Å². The third-order valence-corrected chi connectivity index (χ3v) is 6.61. The number of carbonyl (C=O) groups is 2. The minimum Gasteiger partial charge on any atom is -0.446 e. The van der Waals surface area contributed by atoms with E-state index < -0.39 is 6.09 Å². The van der Waals surface area contributed by atoms with Gasteiger partial charge in [0.25, 0.3) is 0 Å². The van der Waals surface area contributed by atoms with Crippen molar-refractivity contribution in [3.05, 3.63) is 23.8 Å². The summed E-state index contributed by atoms with van der Waals surface area (Å²) in [6.45, 7) is 10.1. The Morgan fingerprint density at radius 1 is 0.914 bits per heavy atom. The van der Waals surface area contributed by atoms with Crippen LogP contribution < -0.4 is 11.1 Å². The van der Waals surface area contributed by atoms with Crippen LogP contribution in [0.25, 0.3) is 0 Å². The number of unbranched alkanes of at least 4 members (excludes halogenated alkanes) is 8. The van der Waals surface area contributed by atoms with Gasteiger partial charge in [0.1, 0.15) is 6.10 Å². The Morgan fingerprint density at radius 2 is 1.49 bits per heavy atom. The Kier molecular flexibility index (Phi) is 20.3. The molecule has 6 heteroatoms. The molecule has 204 valence electrons. The van der Waals surface area contributed by atoms with Gasteiger partial charge in [0.2, 0.25) is 5.91 Å². The summed E-state index contributed by atoms with van der Waals surface area (Å²) in [5.41, 5.74) is 5.94. The largest absolute Gasteiger partial charge is 0.446 e. The van der Waals surface area contributed by atoms with Gasteiger partial charge in [-0.15, -0.1) is 0 Å². The van der Waals surface area contributed by atoms with Crippen LogP contribution in [0.5, 0.6) is 0 Å². The molecule has 0 aliphatic carbocycles. The van der Waals surface area contributed by atoms with Crippen LogP contribution in [0.3, 0.4) is 0 Å². The lowest BCUT2D eigenvalue weighted by molar-refractivity contribution is -0.118. The van der Waals surface area contributed by atoms with Crippen LogP contribution in [0.1, 0.15) is 118 Å². The zero-order valence-corrected chi connectivity index (χ0v) is 23.2. The highest BCUT2D eigenvalue weighted by Crippen LogP contribution is 2.22. The second-order valence-electron chi connectivity index (χ2n) is 10.3. The SMILES string of the molecule is CCCCCC[C@H](C)[C@@H](CCCCCCCCC(C)/C=C\C=C(/C)C(=O)N[C@@H](C)CO)OC(N)=O. The van der Waals surface area contributed by atoms with Crippen LogP contribution in [0.2, 0.25) is 0 Å². The van der Waals surface area contributed by atoms with E-state index in [2.05, 4.69) is 32.2 Å². The van der Waals surface area contributed by atoms with E-state index in [1.54, 1.807) is 13.8 Å². The van der Waals surface area contributed by atoms with Gasteiger partial charge < -0.3 is 20.9 Å². The summed E-state index contributed by atoms with van der Waals surface area (Å²) in [5, 5.41) is 11.8. The predicted octanol–water partition coefficient (Wildman–Crippen LogP) is 6.81. The number of ether oxygens (including phenoxy) is 1. The normalized spacial score (nSPS) is 15.5. The van der Waals surface area contributed by atoms with Crippen molar-refractivity contribution in [3.8, 4) is 0 Å². The highest BCUT2D eigenvalue weighted by molar-refractivity contribution is 5.93. The van der Waals surface area contributed by atoms with Crippen LogP contribution in [-0.4, -0.2) is 35.9 Å². The van der Waals surface area contributed by atoms with Crippen molar-refractivity contribution < 1.29 is 19.4 Å². The maximum absolute atomic E-state index is 11.9. The van der Waals surface area contributed by atoms with Gasteiger partial charge in [0, 0.05) is 11.6 Å². The average molecular weight is 495 g/mol. The minimum absolute atomic E-state index is 0.0522. The summed E-state index contributed by atoms with van der Waals surface area (Å²) in [6, 6.07) is -0.234. The third-order valence-electron chi connectivity index (χ3n) is 6.61. The third kappa shape index (κ3) is 19.1. The van der Waals surface area contributed by atoms with E-state index in [1.165, 1.54) is 51.4 Å². The first kappa shape index (κ1) is 33.2. The molecule has 0 saturated carbocycles. The van der Waals surface area contributed by atoms with E-state index in [0.29, 0.717) is 17.4 Å². The topological polar surface area (TPSA) is 102 Å². The van der Waals surface area contributed by atoms with Crippen LogP contribution in [-0.2, 0) is 9.53 Å². The number of aliphatic hydroxyl groups is 1. The molecule has 0 aromatic rings. The molecule has 0 bridgehead atoms. The van der Waals surface area contributed by atoms with E-state index in [-0.39, 0.29) is 24.7 Å². The fourth-order valence-electron chi connectivity index (χ4n) is 4.15. The summed E-state index contributed by atoms with van der Waals surface area (Å²) >= 11 is 0. The molecule has 0 saturated heterocycles. The zero-order chi connectivity index (χ0) is 26.5. The van der Waals surface area contributed by atoms with E-state index in [4.69, 9.17) is 15.6 Å². The molecule has 0 aromatic carbocycles.